The summed E-state index contributed by atoms with van der Waals surface area (Å²) in [6, 6.07) is 5.62. The van der Waals surface area contributed by atoms with E-state index in [-0.39, 0.29) is 11.0 Å². The van der Waals surface area contributed by atoms with E-state index in [0.29, 0.717) is 9.13 Å². The molecule has 2 rings (SSSR count). The van der Waals surface area contributed by atoms with E-state index in [2.05, 4.69) is 0 Å². The smallest absolute Gasteiger partial charge is 0.485 e. The molecule has 0 aliphatic carbocycles. The van der Waals surface area contributed by atoms with Crippen LogP contribution in [0.15, 0.2) is 24.3 Å². The van der Waals surface area contributed by atoms with Gasteiger partial charge in [-0.3, -0.25) is 0 Å². The molecular weight excluding hydrogens is 454 g/mol. The van der Waals surface area contributed by atoms with Crippen LogP contribution >= 0.6 is 0 Å². The average molecular weight is 464 g/mol. The Bertz CT molecular complexity index is 954. The van der Waals surface area contributed by atoms with E-state index in [4.69, 9.17) is 13.0 Å². The van der Waals surface area contributed by atoms with E-state index >= 15 is 0 Å². The molecule has 0 aliphatic rings. The first-order valence-electron chi connectivity index (χ1n) is 6.96. The monoisotopic (exact) mass is 464 g/mol. The van der Waals surface area contributed by atoms with Crippen molar-refractivity contribution >= 4 is 21.2 Å². The molecule has 1 heterocycles. The third kappa shape index (κ3) is 4.41. The highest BCUT2D eigenvalue weighted by atomic mass is 32.2. The SMILES string of the molecule is Cn1c(C(F)(F)C(F)(F)C(F)(F)F)[n+](C)c2ccccc21.O=S(=O)([O-])C(F)(F)F. The first-order valence-corrected chi connectivity index (χ1v) is 8.37. The number of fused-ring (bicyclic) bond motifs is 1. The third-order valence-corrected chi connectivity index (χ3v) is 4.12. The lowest BCUT2D eigenvalue weighted by Crippen LogP contribution is -2.55. The number of hydrogen-bond donors (Lipinski definition) is 0. The Morgan fingerprint density at radius 2 is 1.34 bits per heavy atom. The lowest BCUT2D eigenvalue weighted by molar-refractivity contribution is -0.668. The Balaban J connectivity index is 0.000000447. The van der Waals surface area contributed by atoms with Gasteiger partial charge in [0.05, 0.1) is 14.1 Å². The minimum absolute atomic E-state index is 0.118. The molecule has 0 fully saturated rings. The van der Waals surface area contributed by atoms with E-state index in [1.807, 2.05) is 0 Å². The summed E-state index contributed by atoms with van der Waals surface area (Å²) < 4.78 is 151. The van der Waals surface area contributed by atoms with E-state index in [9.17, 15) is 43.9 Å². The summed E-state index contributed by atoms with van der Waals surface area (Å²) in [6.45, 7) is 0. The Labute approximate surface area is 155 Å². The first kappa shape index (κ1) is 24.9. The second-order valence-electron chi connectivity index (χ2n) is 5.48. The number of nitrogens with zero attached hydrogens (tertiary/aromatic N) is 2. The summed E-state index contributed by atoms with van der Waals surface area (Å²) in [7, 11) is -4.07. The van der Waals surface area contributed by atoms with Crippen molar-refractivity contribution < 1.29 is 61.4 Å². The molecule has 0 saturated carbocycles. The molecule has 29 heavy (non-hydrogen) atoms. The number of rotatable bonds is 2. The third-order valence-electron chi connectivity index (χ3n) is 3.55. The zero-order valence-corrected chi connectivity index (χ0v) is 14.9. The van der Waals surface area contributed by atoms with Gasteiger partial charge in [-0.15, -0.1) is 0 Å². The van der Waals surface area contributed by atoms with Crippen LogP contribution in [-0.2, 0) is 30.1 Å². The van der Waals surface area contributed by atoms with Crippen molar-refractivity contribution in [2.45, 2.75) is 23.5 Å². The van der Waals surface area contributed by atoms with Gasteiger partial charge in [0.2, 0.25) is 0 Å². The fourth-order valence-electron chi connectivity index (χ4n) is 2.22. The van der Waals surface area contributed by atoms with Gasteiger partial charge in [0.25, 0.3) is 0 Å². The number of halogens is 10. The topological polar surface area (TPSA) is 66.0 Å². The molecule has 1 aromatic carbocycles. The maximum atomic E-state index is 13.9. The van der Waals surface area contributed by atoms with Gasteiger partial charge in [-0.1, -0.05) is 12.1 Å². The minimum atomic E-state index is -6.36. The van der Waals surface area contributed by atoms with Gasteiger partial charge in [0.15, 0.2) is 21.2 Å². The summed E-state index contributed by atoms with van der Waals surface area (Å²) in [5.41, 5.74) is -5.41. The summed E-state index contributed by atoms with van der Waals surface area (Å²) in [4.78, 5) is 0. The lowest BCUT2D eigenvalue weighted by Gasteiger charge is -2.25. The van der Waals surface area contributed by atoms with E-state index in [1.54, 1.807) is 0 Å². The van der Waals surface area contributed by atoms with Crippen molar-refractivity contribution in [3.8, 4) is 0 Å². The molecule has 0 amide bonds. The van der Waals surface area contributed by atoms with Crippen molar-refractivity contribution in [2.75, 3.05) is 0 Å². The predicted molar refractivity (Wildman–Crippen MR) is 74.7 cm³/mol. The van der Waals surface area contributed by atoms with Crippen LogP contribution in [0.3, 0.4) is 0 Å². The average Bonchev–Trinajstić information content (AvgIpc) is 2.77. The van der Waals surface area contributed by atoms with Crippen molar-refractivity contribution in [3.05, 3.63) is 30.1 Å². The standard InChI is InChI=1S/C12H10F7N2.CHF3O3S/c1-20-7-5-3-4-6-8(7)21(2)9(20)10(13,14)11(15,16)12(17,18)19;2-1(3,4)8(5,6)7/h3-6H,1-2H3;(H,5,6,7)/q+1;/p-1. The maximum Gasteiger partial charge on any atom is 0.485 e. The molecule has 16 heteroatoms. The molecule has 1 aromatic heterocycles. The summed E-state index contributed by atoms with van der Waals surface area (Å²) in [5, 5.41) is 0. The molecule has 2 aromatic rings. The Morgan fingerprint density at radius 1 is 0.931 bits per heavy atom. The number of para-hydroxylation sites is 2. The van der Waals surface area contributed by atoms with Gasteiger partial charge in [-0.05, 0) is 12.1 Å². The predicted octanol–water partition coefficient (Wildman–Crippen LogP) is 3.34. The fourth-order valence-corrected chi connectivity index (χ4v) is 2.22. The highest BCUT2D eigenvalue weighted by Crippen LogP contribution is 2.51. The molecule has 0 radical (unpaired) electrons. The largest absolute Gasteiger partial charge is 0.741 e. The van der Waals surface area contributed by atoms with Crippen LogP contribution in [0.1, 0.15) is 5.82 Å². The molecule has 0 spiro atoms. The van der Waals surface area contributed by atoms with E-state index in [1.165, 1.54) is 24.3 Å². The van der Waals surface area contributed by atoms with Gasteiger partial charge in [0.1, 0.15) is 0 Å². The van der Waals surface area contributed by atoms with Crippen LogP contribution < -0.4 is 4.57 Å². The van der Waals surface area contributed by atoms with E-state index < -0.39 is 39.5 Å². The van der Waals surface area contributed by atoms with Crippen molar-refractivity contribution in [1.82, 2.24) is 4.57 Å². The van der Waals surface area contributed by atoms with Crippen LogP contribution in [0.2, 0.25) is 0 Å². The van der Waals surface area contributed by atoms with Crippen LogP contribution in [0.5, 0.6) is 0 Å². The normalized spacial score (nSPS) is 14.0. The Hall–Kier alpha value is -2.10. The van der Waals surface area contributed by atoms with E-state index in [0.717, 1.165) is 14.1 Å². The Kier molecular flexibility index (Phi) is 6.28. The van der Waals surface area contributed by atoms with Gasteiger partial charge >= 0.3 is 29.4 Å². The molecule has 5 nitrogen and oxygen atoms in total. The van der Waals surface area contributed by atoms with Crippen LogP contribution in [-0.4, -0.2) is 35.1 Å². The van der Waals surface area contributed by atoms with Gasteiger partial charge in [-0.2, -0.15) is 43.9 Å². The molecule has 0 bridgehead atoms. The highest BCUT2D eigenvalue weighted by Gasteiger charge is 2.77. The summed E-state index contributed by atoms with van der Waals surface area (Å²) in [5.74, 6) is -13.0. The molecule has 0 unspecified atom stereocenters. The number of aromatic nitrogens is 2. The number of aryl methyl sites for hydroxylation is 2. The lowest BCUT2D eigenvalue weighted by atomic mass is 10.1. The second kappa shape index (κ2) is 7.30. The second-order valence-corrected chi connectivity index (χ2v) is 6.85. The fraction of sp³-hybridized carbons (Fsp3) is 0.462. The Morgan fingerprint density at radius 3 is 1.69 bits per heavy atom. The maximum absolute atomic E-state index is 13.9. The number of alkyl halides is 10. The van der Waals surface area contributed by atoms with Crippen LogP contribution in [0.4, 0.5) is 43.9 Å². The zero-order chi connectivity index (χ0) is 23.2. The highest BCUT2D eigenvalue weighted by molar-refractivity contribution is 7.86. The van der Waals surface area contributed by atoms with Gasteiger partial charge in [0, 0.05) is 0 Å². The molecule has 0 N–H and O–H groups in total. The molecule has 166 valence electrons. The number of hydrogen-bond acceptors (Lipinski definition) is 3. The van der Waals surface area contributed by atoms with Crippen molar-refractivity contribution in [2.24, 2.45) is 14.1 Å². The van der Waals surface area contributed by atoms with Crippen LogP contribution in [0, 0.1) is 0 Å². The molecular formula is C13H10F10N2O3S. The molecule has 0 atom stereocenters. The number of benzene rings is 1. The van der Waals surface area contributed by atoms with Crippen molar-refractivity contribution in [1.29, 1.82) is 0 Å². The van der Waals surface area contributed by atoms with Gasteiger partial charge in [-0.25, -0.2) is 17.6 Å². The summed E-state index contributed by atoms with van der Waals surface area (Å²) >= 11 is 0. The first-order chi connectivity index (χ1) is 12.7. The number of imidazole rings is 1. The minimum Gasteiger partial charge on any atom is -0.741 e. The molecule has 0 saturated heterocycles. The van der Waals surface area contributed by atoms with Crippen molar-refractivity contribution in [3.63, 3.8) is 0 Å². The summed E-state index contributed by atoms with van der Waals surface area (Å²) in [6.07, 6.45) is -6.36. The van der Waals surface area contributed by atoms with Crippen LogP contribution in [0.25, 0.3) is 11.0 Å². The molecule has 0 aliphatic heterocycles. The zero-order valence-electron chi connectivity index (χ0n) is 14.1. The van der Waals surface area contributed by atoms with Gasteiger partial charge < -0.3 is 4.55 Å². The quantitative estimate of drug-likeness (QED) is 0.297.